The van der Waals surface area contributed by atoms with E-state index in [1.54, 1.807) is 30.7 Å². The van der Waals surface area contributed by atoms with Crippen molar-refractivity contribution >= 4 is 21.9 Å². The smallest absolute Gasteiger partial charge is 0.243 e. The van der Waals surface area contributed by atoms with Crippen molar-refractivity contribution in [3.63, 3.8) is 0 Å². The Hall–Kier alpha value is -2.98. The van der Waals surface area contributed by atoms with Crippen LogP contribution in [0, 0.1) is 5.82 Å². The number of rotatable bonds is 5. The summed E-state index contributed by atoms with van der Waals surface area (Å²) in [7, 11) is -3.79. The molecule has 0 radical (unpaired) electrons. The van der Waals surface area contributed by atoms with Crippen molar-refractivity contribution in [3.8, 4) is 0 Å². The first kappa shape index (κ1) is 19.3. The molecule has 29 heavy (non-hydrogen) atoms. The standard InChI is InChI=1S/C19H19FN6O2S/c20-14-5-7-15(8-6-14)29(27,28)26-13-2-1-4-17(26)16-9-12-23-19(24-16)25-18-21-10-3-11-22-18/h3,5-12,17H,1-2,4,13H2,(H,21,22,23,24,25)/t17-/m0/s1. The van der Waals surface area contributed by atoms with Crippen LogP contribution in [0.5, 0.6) is 0 Å². The van der Waals surface area contributed by atoms with E-state index in [0.717, 1.165) is 25.0 Å². The second-order valence-corrected chi connectivity index (χ2v) is 8.47. The Balaban J connectivity index is 1.64. The van der Waals surface area contributed by atoms with Gasteiger partial charge in [-0.1, -0.05) is 6.42 Å². The van der Waals surface area contributed by atoms with Gasteiger partial charge in [0.2, 0.25) is 21.9 Å². The number of piperidine rings is 1. The van der Waals surface area contributed by atoms with Crippen LogP contribution < -0.4 is 5.32 Å². The summed E-state index contributed by atoms with van der Waals surface area (Å²) >= 11 is 0. The van der Waals surface area contributed by atoms with Crippen molar-refractivity contribution in [1.82, 2.24) is 24.2 Å². The lowest BCUT2D eigenvalue weighted by Crippen LogP contribution is -2.38. The number of nitrogens with one attached hydrogen (secondary N) is 1. The maximum atomic E-state index is 13.2. The molecule has 1 aliphatic rings. The third-order valence-electron chi connectivity index (χ3n) is 4.68. The monoisotopic (exact) mass is 414 g/mol. The summed E-state index contributed by atoms with van der Waals surface area (Å²) in [5, 5.41) is 2.92. The Morgan fingerprint density at radius 3 is 2.45 bits per heavy atom. The molecule has 1 N–H and O–H groups in total. The Kier molecular flexibility index (Phi) is 5.45. The van der Waals surface area contributed by atoms with Gasteiger partial charge in [-0.3, -0.25) is 5.32 Å². The molecule has 1 atom stereocenters. The molecule has 2 aromatic heterocycles. The number of halogens is 1. The summed E-state index contributed by atoms with van der Waals surface area (Å²) < 4.78 is 41.0. The van der Waals surface area contributed by atoms with Gasteiger partial charge in [0.15, 0.2) is 0 Å². The number of sulfonamides is 1. The topological polar surface area (TPSA) is 101 Å². The predicted octanol–water partition coefficient (Wildman–Crippen LogP) is 3.07. The molecule has 10 heteroatoms. The van der Waals surface area contributed by atoms with E-state index in [2.05, 4.69) is 25.3 Å². The number of aromatic nitrogens is 4. The molecular weight excluding hydrogens is 395 g/mol. The third kappa shape index (κ3) is 4.22. The van der Waals surface area contributed by atoms with Crippen LogP contribution in [0.25, 0.3) is 0 Å². The lowest BCUT2D eigenvalue weighted by molar-refractivity contribution is 0.251. The van der Waals surface area contributed by atoms with Gasteiger partial charge in [-0.15, -0.1) is 0 Å². The van der Waals surface area contributed by atoms with Gasteiger partial charge in [0.25, 0.3) is 0 Å². The van der Waals surface area contributed by atoms with Crippen LogP contribution in [-0.4, -0.2) is 39.2 Å². The van der Waals surface area contributed by atoms with Gasteiger partial charge < -0.3 is 0 Å². The van der Waals surface area contributed by atoms with Crippen LogP contribution in [-0.2, 0) is 10.0 Å². The minimum absolute atomic E-state index is 0.0656. The van der Waals surface area contributed by atoms with Crippen LogP contribution in [0.4, 0.5) is 16.3 Å². The lowest BCUT2D eigenvalue weighted by Gasteiger charge is -2.34. The zero-order valence-electron chi connectivity index (χ0n) is 15.4. The molecule has 0 amide bonds. The van der Waals surface area contributed by atoms with Crippen LogP contribution in [0.1, 0.15) is 31.0 Å². The molecule has 0 bridgehead atoms. The van der Waals surface area contributed by atoms with Gasteiger partial charge in [-0.2, -0.15) is 4.31 Å². The molecule has 4 rings (SSSR count). The molecule has 1 aromatic carbocycles. The Morgan fingerprint density at radius 2 is 1.69 bits per heavy atom. The van der Waals surface area contributed by atoms with Gasteiger partial charge in [0.1, 0.15) is 5.82 Å². The first-order valence-corrected chi connectivity index (χ1v) is 10.6. The van der Waals surface area contributed by atoms with E-state index >= 15 is 0 Å². The van der Waals surface area contributed by atoms with Crippen molar-refractivity contribution in [1.29, 1.82) is 0 Å². The van der Waals surface area contributed by atoms with Crippen LogP contribution >= 0.6 is 0 Å². The third-order valence-corrected chi connectivity index (χ3v) is 6.60. The fraction of sp³-hybridized carbons (Fsp3) is 0.263. The van der Waals surface area contributed by atoms with E-state index in [9.17, 15) is 12.8 Å². The van der Waals surface area contributed by atoms with E-state index in [0.29, 0.717) is 30.6 Å². The highest BCUT2D eigenvalue weighted by atomic mass is 32.2. The summed E-state index contributed by atoms with van der Waals surface area (Å²) in [4.78, 5) is 16.9. The number of hydrogen-bond donors (Lipinski definition) is 1. The first-order valence-electron chi connectivity index (χ1n) is 9.18. The molecule has 1 saturated heterocycles. The summed E-state index contributed by atoms with van der Waals surface area (Å²) in [6, 6.07) is 7.85. The molecule has 3 aromatic rings. The van der Waals surface area contributed by atoms with Gasteiger partial charge in [0.05, 0.1) is 16.6 Å². The molecule has 0 spiro atoms. The molecule has 8 nitrogen and oxygen atoms in total. The highest BCUT2D eigenvalue weighted by Crippen LogP contribution is 2.34. The summed E-state index contributed by atoms with van der Waals surface area (Å²) in [5.41, 5.74) is 0.587. The summed E-state index contributed by atoms with van der Waals surface area (Å²) in [5.74, 6) is 0.163. The van der Waals surface area contributed by atoms with Crippen LogP contribution in [0.15, 0.2) is 59.9 Å². The molecule has 3 heterocycles. The molecule has 0 unspecified atom stereocenters. The number of benzene rings is 1. The highest BCUT2D eigenvalue weighted by molar-refractivity contribution is 7.89. The van der Waals surface area contributed by atoms with E-state index in [-0.39, 0.29) is 4.90 Å². The van der Waals surface area contributed by atoms with Crippen LogP contribution in [0.3, 0.4) is 0 Å². The summed E-state index contributed by atoms with van der Waals surface area (Å²) in [6.07, 6.45) is 7.04. The predicted molar refractivity (Wildman–Crippen MR) is 104 cm³/mol. The minimum atomic E-state index is -3.79. The van der Waals surface area contributed by atoms with Gasteiger partial charge in [-0.05, 0) is 49.2 Å². The minimum Gasteiger partial charge on any atom is -0.293 e. The average molecular weight is 414 g/mol. The quantitative estimate of drug-likeness (QED) is 0.685. The number of anilines is 2. The average Bonchev–Trinajstić information content (AvgIpc) is 2.75. The van der Waals surface area contributed by atoms with E-state index < -0.39 is 21.9 Å². The molecule has 150 valence electrons. The van der Waals surface area contributed by atoms with Gasteiger partial charge in [0, 0.05) is 25.1 Å². The van der Waals surface area contributed by atoms with Crippen molar-refractivity contribution < 1.29 is 12.8 Å². The Morgan fingerprint density at radius 1 is 0.966 bits per heavy atom. The fourth-order valence-corrected chi connectivity index (χ4v) is 4.98. The van der Waals surface area contributed by atoms with Crippen molar-refractivity contribution in [2.24, 2.45) is 0 Å². The van der Waals surface area contributed by atoms with Crippen LogP contribution in [0.2, 0.25) is 0 Å². The normalized spacial score (nSPS) is 17.8. The maximum Gasteiger partial charge on any atom is 0.243 e. The summed E-state index contributed by atoms with van der Waals surface area (Å²) in [6.45, 7) is 0.374. The Bertz CT molecular complexity index is 1080. The first-order chi connectivity index (χ1) is 14.0. The maximum absolute atomic E-state index is 13.2. The van der Waals surface area contributed by atoms with E-state index in [4.69, 9.17) is 0 Å². The van der Waals surface area contributed by atoms with E-state index in [1.807, 2.05) is 0 Å². The molecule has 1 fully saturated rings. The van der Waals surface area contributed by atoms with Crippen molar-refractivity contribution in [2.45, 2.75) is 30.2 Å². The zero-order valence-corrected chi connectivity index (χ0v) is 16.3. The van der Waals surface area contributed by atoms with Crippen molar-refractivity contribution in [2.75, 3.05) is 11.9 Å². The SMILES string of the molecule is O=S(=O)(c1ccc(F)cc1)N1CCCC[C@H]1c1ccnc(Nc2ncccn2)n1. The zero-order chi connectivity index (χ0) is 20.3. The number of hydrogen-bond acceptors (Lipinski definition) is 7. The molecular formula is C19H19FN6O2S. The van der Waals surface area contributed by atoms with E-state index in [1.165, 1.54) is 16.4 Å². The molecule has 1 aliphatic heterocycles. The second kappa shape index (κ2) is 8.18. The Labute approximate surface area is 167 Å². The highest BCUT2D eigenvalue weighted by Gasteiger charge is 2.35. The largest absolute Gasteiger partial charge is 0.293 e. The van der Waals surface area contributed by atoms with Crippen molar-refractivity contribution in [3.05, 3.63) is 66.5 Å². The molecule has 0 saturated carbocycles. The van der Waals surface area contributed by atoms with Gasteiger partial charge in [-0.25, -0.2) is 32.7 Å². The number of nitrogens with zero attached hydrogens (tertiary/aromatic N) is 5. The second-order valence-electron chi connectivity index (χ2n) is 6.58. The fourth-order valence-electron chi connectivity index (χ4n) is 3.31. The lowest BCUT2D eigenvalue weighted by atomic mass is 10.0. The molecule has 0 aliphatic carbocycles. The van der Waals surface area contributed by atoms with Gasteiger partial charge >= 0.3 is 0 Å².